The molecule has 22 unspecified atom stereocenters. The molecule has 3 aliphatic heterocycles. The summed E-state index contributed by atoms with van der Waals surface area (Å²) in [4.78, 5) is 63.0. The highest BCUT2D eigenvalue weighted by molar-refractivity contribution is 5.86. The number of esters is 4. The number of ketones is 1. The van der Waals surface area contributed by atoms with Gasteiger partial charge < -0.3 is 68.2 Å². The predicted molar refractivity (Wildman–Crippen MR) is 220 cm³/mol. The monoisotopic (exact) mass is 926 g/mol. The fraction of sp³-hybridized carbons (Fsp3) is 0.891. The molecule has 0 aromatic heterocycles. The largest absolute Gasteiger partial charge is 0.456 e. The molecule has 0 bridgehead atoms. The normalized spacial score (nSPS) is 47.3. The molecule has 7 aliphatic rings. The Morgan fingerprint density at radius 1 is 0.815 bits per heavy atom. The number of Topliss-reactive ketones (excluding diaryl/α,β-unsaturated/α-hetero) is 1. The van der Waals surface area contributed by atoms with Crippen LogP contribution in [0, 0.1) is 52.3 Å². The summed E-state index contributed by atoms with van der Waals surface area (Å²) in [5, 5.41) is 52.7. The van der Waals surface area contributed by atoms with Crippen LogP contribution in [0.3, 0.4) is 0 Å². The molecule has 0 radical (unpaired) electrons. The molecule has 3 heterocycles. The summed E-state index contributed by atoms with van der Waals surface area (Å²) < 4.78 is 54.0. The maximum Gasteiger partial charge on any atom is 0.303 e. The molecule has 19 nitrogen and oxygen atoms in total. The van der Waals surface area contributed by atoms with E-state index in [-0.39, 0.29) is 79.4 Å². The molecule has 65 heavy (non-hydrogen) atoms. The molecule has 0 aromatic carbocycles. The van der Waals surface area contributed by atoms with E-state index >= 15 is 0 Å². The van der Waals surface area contributed by atoms with Gasteiger partial charge in [-0.05, 0) is 84.9 Å². The SMILES string of the molecule is CC(=O)OC1CC2(C)C(CCC3C4CC5OC(O)(CCC(C)COC6OC(CO)C(O)C(O)C6O)C(C)C5C4(C)CC(OC4OCC(OC(C)=O)C(OC(C)=O)C4OC(C)=O)C32)CC1=O. The second-order valence-electron chi connectivity index (χ2n) is 20.7. The Labute approximate surface area is 379 Å². The summed E-state index contributed by atoms with van der Waals surface area (Å²) in [6.45, 7) is 12.5. The van der Waals surface area contributed by atoms with Crippen LogP contribution in [0.25, 0.3) is 0 Å². The van der Waals surface area contributed by atoms with Crippen LogP contribution in [0.1, 0.15) is 107 Å². The fourth-order valence-electron chi connectivity index (χ4n) is 13.6. The second kappa shape index (κ2) is 19.3. The number of hydrogen-bond donors (Lipinski definition) is 5. The van der Waals surface area contributed by atoms with Crippen molar-refractivity contribution in [2.24, 2.45) is 52.3 Å². The van der Waals surface area contributed by atoms with Crippen molar-refractivity contribution in [3.63, 3.8) is 0 Å². The third-order valence-corrected chi connectivity index (χ3v) is 16.4. The van der Waals surface area contributed by atoms with E-state index in [0.717, 1.165) is 12.8 Å². The van der Waals surface area contributed by atoms with Crippen LogP contribution in [0.2, 0.25) is 0 Å². The van der Waals surface area contributed by atoms with Crippen molar-refractivity contribution in [2.45, 2.75) is 186 Å². The van der Waals surface area contributed by atoms with E-state index in [1.165, 1.54) is 27.7 Å². The van der Waals surface area contributed by atoms with Gasteiger partial charge in [-0.3, -0.25) is 24.0 Å². The first kappa shape index (κ1) is 50.0. The molecule has 0 amide bonds. The third kappa shape index (κ3) is 9.62. The van der Waals surface area contributed by atoms with E-state index < -0.39 is 115 Å². The predicted octanol–water partition coefficient (Wildman–Crippen LogP) is 1.47. The van der Waals surface area contributed by atoms with Gasteiger partial charge in [-0.2, -0.15) is 0 Å². The Kier molecular flexibility index (Phi) is 14.8. The van der Waals surface area contributed by atoms with E-state index in [2.05, 4.69) is 13.8 Å². The molecule has 0 spiro atoms. The Hall–Kier alpha value is -2.85. The number of ether oxygens (including phenoxy) is 9. The molecular weight excluding hydrogens is 856 g/mol. The number of carbonyl (C=O) groups is 5. The van der Waals surface area contributed by atoms with Gasteiger partial charge in [0, 0.05) is 46.5 Å². The molecular formula is C46H70O19. The van der Waals surface area contributed by atoms with Crippen LogP contribution < -0.4 is 0 Å². The lowest BCUT2D eigenvalue weighted by Crippen LogP contribution is -2.64. The lowest BCUT2D eigenvalue weighted by Gasteiger charge is -2.63. The van der Waals surface area contributed by atoms with Gasteiger partial charge in [0.15, 0.2) is 48.6 Å². The van der Waals surface area contributed by atoms with E-state index in [9.17, 15) is 49.5 Å². The fourth-order valence-corrected chi connectivity index (χ4v) is 13.6. The highest BCUT2D eigenvalue weighted by Gasteiger charge is 2.71. The molecule has 22 atom stereocenters. The van der Waals surface area contributed by atoms with Crippen molar-refractivity contribution < 1.29 is 92.1 Å². The molecule has 3 saturated heterocycles. The minimum atomic E-state index is -1.57. The Morgan fingerprint density at radius 2 is 1.48 bits per heavy atom. The smallest absolute Gasteiger partial charge is 0.303 e. The summed E-state index contributed by atoms with van der Waals surface area (Å²) in [6.07, 6.45) is -9.82. The van der Waals surface area contributed by atoms with Crippen LogP contribution in [-0.2, 0) is 66.6 Å². The number of rotatable bonds is 13. The summed E-state index contributed by atoms with van der Waals surface area (Å²) in [6, 6.07) is 0. The maximum absolute atomic E-state index is 13.4. The van der Waals surface area contributed by atoms with Crippen LogP contribution in [-0.4, -0.2) is 154 Å². The topological polar surface area (TPSA) is 270 Å². The lowest BCUT2D eigenvalue weighted by molar-refractivity contribution is -0.313. The summed E-state index contributed by atoms with van der Waals surface area (Å²) in [5.74, 6) is -4.94. The highest BCUT2D eigenvalue weighted by Crippen LogP contribution is 2.71. The standard InChI is InChI=1S/C46H70O19/c1-20(18-57-42-39(55)38(54)37(53)33(17-47)64-42)11-12-46(56)21(2)35-30(65-46)14-28-27-10-9-26-13-29(52)31(59-22(3)48)15-44(26,7)36(27)32(16-45(28,35)8)63-43-41(62-25(6)51)40(61-24(5)50)34(19-58-43)60-23(4)49/h20-21,26-28,30-43,47,53-56H,9-19H2,1-8H3. The van der Waals surface area contributed by atoms with Gasteiger partial charge in [0.05, 0.1) is 32.0 Å². The zero-order valence-corrected chi connectivity index (χ0v) is 38.7. The number of hydrogen-bond acceptors (Lipinski definition) is 19. The van der Waals surface area contributed by atoms with Crippen molar-refractivity contribution in [2.75, 3.05) is 19.8 Å². The van der Waals surface area contributed by atoms with Crippen LogP contribution >= 0.6 is 0 Å². The second-order valence-corrected chi connectivity index (χ2v) is 20.7. The first-order chi connectivity index (χ1) is 30.5. The van der Waals surface area contributed by atoms with Gasteiger partial charge in [0.1, 0.15) is 24.4 Å². The van der Waals surface area contributed by atoms with Gasteiger partial charge in [-0.25, -0.2) is 0 Å². The van der Waals surface area contributed by atoms with Gasteiger partial charge in [-0.15, -0.1) is 0 Å². The highest BCUT2D eigenvalue weighted by atomic mass is 16.7. The van der Waals surface area contributed by atoms with E-state index in [1.807, 2.05) is 13.8 Å². The number of fused-ring (bicyclic) bond motifs is 7. The van der Waals surface area contributed by atoms with Gasteiger partial charge in [0.25, 0.3) is 0 Å². The summed E-state index contributed by atoms with van der Waals surface area (Å²) in [7, 11) is 0. The Bertz CT molecular complexity index is 1780. The molecule has 7 fully saturated rings. The van der Waals surface area contributed by atoms with Crippen molar-refractivity contribution in [1.29, 1.82) is 0 Å². The van der Waals surface area contributed by atoms with Gasteiger partial charge in [0.2, 0.25) is 0 Å². The van der Waals surface area contributed by atoms with Gasteiger partial charge in [-0.1, -0.05) is 27.7 Å². The van der Waals surface area contributed by atoms with Crippen LogP contribution in [0.15, 0.2) is 0 Å². The average Bonchev–Trinajstić information content (AvgIpc) is 3.65. The van der Waals surface area contributed by atoms with E-state index in [4.69, 9.17) is 42.6 Å². The van der Waals surface area contributed by atoms with Crippen molar-refractivity contribution in [3.05, 3.63) is 0 Å². The molecule has 7 rings (SSSR count). The quantitative estimate of drug-likeness (QED) is 0.129. The Morgan fingerprint density at radius 3 is 2.12 bits per heavy atom. The number of carbonyl (C=O) groups excluding carboxylic acids is 5. The molecule has 0 aromatic rings. The van der Waals surface area contributed by atoms with Crippen LogP contribution in [0.5, 0.6) is 0 Å². The first-order valence-electron chi connectivity index (χ1n) is 23.3. The van der Waals surface area contributed by atoms with E-state index in [0.29, 0.717) is 25.7 Å². The molecule has 19 heteroatoms. The van der Waals surface area contributed by atoms with Crippen LogP contribution in [0.4, 0.5) is 0 Å². The minimum absolute atomic E-state index is 0.0362. The first-order valence-corrected chi connectivity index (χ1v) is 23.3. The number of aliphatic hydroxyl groups is 5. The lowest BCUT2D eigenvalue weighted by atomic mass is 9.43. The van der Waals surface area contributed by atoms with Crippen molar-refractivity contribution in [3.8, 4) is 0 Å². The third-order valence-electron chi connectivity index (χ3n) is 16.4. The summed E-state index contributed by atoms with van der Waals surface area (Å²) >= 11 is 0. The Balaban J connectivity index is 1.15. The van der Waals surface area contributed by atoms with Gasteiger partial charge >= 0.3 is 23.9 Å². The summed E-state index contributed by atoms with van der Waals surface area (Å²) in [5.41, 5.74) is -1.02. The molecule has 5 N–H and O–H groups in total. The van der Waals surface area contributed by atoms with E-state index in [1.54, 1.807) is 0 Å². The van der Waals surface area contributed by atoms with Crippen molar-refractivity contribution in [1.82, 2.24) is 0 Å². The minimum Gasteiger partial charge on any atom is -0.456 e. The average molecular weight is 927 g/mol. The van der Waals surface area contributed by atoms with Crippen molar-refractivity contribution >= 4 is 29.7 Å². The zero-order valence-electron chi connectivity index (χ0n) is 38.7. The molecule has 368 valence electrons. The molecule has 4 saturated carbocycles. The number of aliphatic hydroxyl groups excluding tert-OH is 4. The zero-order chi connectivity index (χ0) is 47.5. The molecule has 4 aliphatic carbocycles. The maximum atomic E-state index is 13.4.